The summed E-state index contributed by atoms with van der Waals surface area (Å²) in [4.78, 5) is 12.2. The number of anilines is 1. The van der Waals surface area contributed by atoms with Crippen LogP contribution in [-0.4, -0.2) is 32.2 Å². The molecule has 5 heteroatoms. The number of halogens is 1. The fraction of sp³-hybridized carbons (Fsp3) is 0.500. The molecule has 4 nitrogen and oxygen atoms in total. The zero-order valence-electron chi connectivity index (χ0n) is 11.0. The standard InChI is InChI=1S/C14H19ClN2O2/c1-2-16-13-4-3-11(15)7-12(13)14(18)17-8-10-5-6-19-9-10/h3-4,7,10,16H,2,5-6,8-9H2,1H3,(H,17,18). The molecule has 0 aliphatic carbocycles. The minimum absolute atomic E-state index is 0.0923. The summed E-state index contributed by atoms with van der Waals surface area (Å²) in [5, 5.41) is 6.68. The number of carbonyl (C=O) groups is 1. The van der Waals surface area contributed by atoms with Gasteiger partial charge in [-0.2, -0.15) is 0 Å². The number of nitrogens with one attached hydrogen (secondary N) is 2. The first kappa shape index (κ1) is 14.2. The first-order chi connectivity index (χ1) is 9.20. The Kier molecular flexibility index (Phi) is 5.05. The summed E-state index contributed by atoms with van der Waals surface area (Å²) in [6.45, 7) is 4.93. The molecular weight excluding hydrogens is 264 g/mol. The minimum atomic E-state index is -0.0923. The van der Waals surface area contributed by atoms with E-state index in [4.69, 9.17) is 16.3 Å². The first-order valence-corrected chi connectivity index (χ1v) is 6.98. The van der Waals surface area contributed by atoms with E-state index in [-0.39, 0.29) is 5.91 Å². The topological polar surface area (TPSA) is 50.4 Å². The second kappa shape index (κ2) is 6.78. The van der Waals surface area contributed by atoms with Crippen LogP contribution < -0.4 is 10.6 Å². The quantitative estimate of drug-likeness (QED) is 0.873. The van der Waals surface area contributed by atoms with E-state index in [9.17, 15) is 4.79 Å². The number of benzene rings is 1. The largest absolute Gasteiger partial charge is 0.385 e. The van der Waals surface area contributed by atoms with Crippen molar-refractivity contribution in [2.24, 2.45) is 5.92 Å². The van der Waals surface area contributed by atoms with Crippen LogP contribution in [0.2, 0.25) is 5.02 Å². The molecule has 0 radical (unpaired) electrons. The second-order valence-corrected chi connectivity index (χ2v) is 5.10. The maximum absolute atomic E-state index is 12.2. The van der Waals surface area contributed by atoms with Gasteiger partial charge in [0.1, 0.15) is 0 Å². The van der Waals surface area contributed by atoms with E-state index in [1.807, 2.05) is 13.0 Å². The van der Waals surface area contributed by atoms with E-state index in [0.29, 0.717) is 23.0 Å². The van der Waals surface area contributed by atoms with Crippen molar-refractivity contribution in [2.75, 3.05) is 31.6 Å². The molecule has 0 bridgehead atoms. The van der Waals surface area contributed by atoms with Gasteiger partial charge >= 0.3 is 0 Å². The van der Waals surface area contributed by atoms with E-state index < -0.39 is 0 Å². The molecule has 1 atom stereocenters. The van der Waals surface area contributed by atoms with Crippen LogP contribution in [0.15, 0.2) is 18.2 Å². The van der Waals surface area contributed by atoms with Gasteiger partial charge in [-0.15, -0.1) is 0 Å². The van der Waals surface area contributed by atoms with Crippen LogP contribution in [0.4, 0.5) is 5.69 Å². The van der Waals surface area contributed by atoms with Gasteiger partial charge < -0.3 is 15.4 Å². The van der Waals surface area contributed by atoms with Crippen LogP contribution in [0.3, 0.4) is 0 Å². The average Bonchev–Trinajstić information content (AvgIpc) is 2.91. The van der Waals surface area contributed by atoms with Crippen molar-refractivity contribution in [3.05, 3.63) is 28.8 Å². The normalized spacial score (nSPS) is 18.3. The monoisotopic (exact) mass is 282 g/mol. The van der Waals surface area contributed by atoms with Gasteiger partial charge in [-0.3, -0.25) is 4.79 Å². The van der Waals surface area contributed by atoms with E-state index in [1.165, 1.54) is 0 Å². The highest BCUT2D eigenvalue weighted by molar-refractivity contribution is 6.31. The van der Waals surface area contributed by atoms with Crippen molar-refractivity contribution in [3.63, 3.8) is 0 Å². The van der Waals surface area contributed by atoms with E-state index in [0.717, 1.165) is 31.9 Å². The summed E-state index contributed by atoms with van der Waals surface area (Å²) in [5.74, 6) is 0.330. The van der Waals surface area contributed by atoms with Crippen LogP contribution >= 0.6 is 11.6 Å². The minimum Gasteiger partial charge on any atom is -0.385 e. The third-order valence-electron chi connectivity index (χ3n) is 3.17. The third kappa shape index (κ3) is 3.85. The van der Waals surface area contributed by atoms with Crippen molar-refractivity contribution in [3.8, 4) is 0 Å². The first-order valence-electron chi connectivity index (χ1n) is 6.60. The number of ether oxygens (including phenoxy) is 1. The Morgan fingerprint density at radius 1 is 1.53 bits per heavy atom. The fourth-order valence-corrected chi connectivity index (χ4v) is 2.30. The molecule has 1 amide bonds. The third-order valence-corrected chi connectivity index (χ3v) is 3.40. The molecule has 19 heavy (non-hydrogen) atoms. The van der Waals surface area contributed by atoms with Crippen LogP contribution in [0.1, 0.15) is 23.7 Å². The lowest BCUT2D eigenvalue weighted by Crippen LogP contribution is -2.30. The maximum atomic E-state index is 12.2. The summed E-state index contributed by atoms with van der Waals surface area (Å²) >= 11 is 5.96. The Hall–Kier alpha value is -1.26. The average molecular weight is 283 g/mol. The molecule has 1 aromatic rings. The summed E-state index contributed by atoms with van der Waals surface area (Å²) in [6, 6.07) is 5.31. The van der Waals surface area contributed by atoms with Crippen LogP contribution in [0.25, 0.3) is 0 Å². The van der Waals surface area contributed by atoms with Gasteiger partial charge in [0.15, 0.2) is 0 Å². The van der Waals surface area contributed by atoms with Gasteiger partial charge in [0.2, 0.25) is 0 Å². The summed E-state index contributed by atoms with van der Waals surface area (Å²) in [6.07, 6.45) is 1.01. The lowest BCUT2D eigenvalue weighted by Gasteiger charge is -2.13. The smallest absolute Gasteiger partial charge is 0.253 e. The van der Waals surface area contributed by atoms with Crippen molar-refractivity contribution in [1.82, 2.24) is 5.32 Å². The van der Waals surface area contributed by atoms with Gasteiger partial charge in [0, 0.05) is 36.3 Å². The number of rotatable bonds is 5. The molecule has 1 aliphatic rings. The molecule has 0 aromatic heterocycles. The van der Waals surface area contributed by atoms with E-state index >= 15 is 0 Å². The molecule has 1 heterocycles. The predicted octanol–water partition coefficient (Wildman–Crippen LogP) is 2.54. The predicted molar refractivity (Wildman–Crippen MR) is 76.9 cm³/mol. The number of hydrogen-bond donors (Lipinski definition) is 2. The summed E-state index contributed by atoms with van der Waals surface area (Å²) < 4.78 is 5.29. The maximum Gasteiger partial charge on any atom is 0.253 e. The highest BCUT2D eigenvalue weighted by Gasteiger charge is 2.18. The molecule has 1 saturated heterocycles. The number of carbonyl (C=O) groups excluding carboxylic acids is 1. The zero-order chi connectivity index (χ0) is 13.7. The Labute approximate surface area is 118 Å². The van der Waals surface area contributed by atoms with Crippen LogP contribution in [0.5, 0.6) is 0 Å². The van der Waals surface area contributed by atoms with Gasteiger partial charge in [-0.05, 0) is 31.5 Å². The highest BCUT2D eigenvalue weighted by atomic mass is 35.5. The fourth-order valence-electron chi connectivity index (χ4n) is 2.13. The van der Waals surface area contributed by atoms with Crippen molar-refractivity contribution in [1.29, 1.82) is 0 Å². The highest BCUT2D eigenvalue weighted by Crippen LogP contribution is 2.21. The summed E-state index contributed by atoms with van der Waals surface area (Å²) in [7, 11) is 0. The van der Waals surface area contributed by atoms with Gasteiger partial charge in [0.25, 0.3) is 5.91 Å². The second-order valence-electron chi connectivity index (χ2n) is 4.66. The molecule has 1 fully saturated rings. The molecule has 2 rings (SSSR count). The Bertz CT molecular complexity index is 445. The zero-order valence-corrected chi connectivity index (χ0v) is 11.8. The van der Waals surface area contributed by atoms with Gasteiger partial charge in [-0.25, -0.2) is 0 Å². The van der Waals surface area contributed by atoms with Crippen molar-refractivity contribution >= 4 is 23.2 Å². The molecule has 1 unspecified atom stereocenters. The van der Waals surface area contributed by atoms with Crippen LogP contribution in [-0.2, 0) is 4.74 Å². The van der Waals surface area contributed by atoms with Gasteiger partial charge in [0.05, 0.1) is 12.2 Å². The molecule has 1 aliphatic heterocycles. The molecule has 2 N–H and O–H groups in total. The van der Waals surface area contributed by atoms with Gasteiger partial charge in [-0.1, -0.05) is 11.6 Å². The van der Waals surface area contributed by atoms with Crippen molar-refractivity contribution in [2.45, 2.75) is 13.3 Å². The number of hydrogen-bond acceptors (Lipinski definition) is 3. The molecular formula is C14H19ClN2O2. The summed E-state index contributed by atoms with van der Waals surface area (Å²) in [5.41, 5.74) is 1.40. The lowest BCUT2D eigenvalue weighted by molar-refractivity contribution is 0.0946. The number of amides is 1. The van der Waals surface area contributed by atoms with E-state index in [2.05, 4.69) is 10.6 Å². The Balaban J connectivity index is 2.02. The van der Waals surface area contributed by atoms with Crippen molar-refractivity contribution < 1.29 is 9.53 Å². The van der Waals surface area contributed by atoms with Crippen LogP contribution in [0, 0.1) is 5.92 Å². The molecule has 104 valence electrons. The molecule has 1 aromatic carbocycles. The lowest BCUT2D eigenvalue weighted by atomic mass is 10.1. The van der Waals surface area contributed by atoms with E-state index in [1.54, 1.807) is 12.1 Å². The molecule has 0 spiro atoms. The molecule has 0 saturated carbocycles. The SMILES string of the molecule is CCNc1ccc(Cl)cc1C(=O)NCC1CCOC1. The Morgan fingerprint density at radius 2 is 2.37 bits per heavy atom. The Morgan fingerprint density at radius 3 is 3.05 bits per heavy atom.